The second-order valence-corrected chi connectivity index (χ2v) is 7.82. The maximum absolute atomic E-state index is 12.6. The lowest BCUT2D eigenvalue weighted by molar-refractivity contribution is -0.146. The SMILES string of the molecule is CC(CC(=O)OCc1ccccc1)N([C@H](C)c1ccccc1)[C@H](C)c1ccccc1. The van der Waals surface area contributed by atoms with Crippen LogP contribution in [0.25, 0.3) is 0 Å². The Balaban J connectivity index is 1.74. The van der Waals surface area contributed by atoms with Crippen LogP contribution < -0.4 is 0 Å². The van der Waals surface area contributed by atoms with Crippen molar-refractivity contribution in [2.75, 3.05) is 0 Å². The molecule has 0 saturated carbocycles. The average Bonchev–Trinajstić information content (AvgIpc) is 2.79. The Morgan fingerprint density at radius 3 is 1.63 bits per heavy atom. The van der Waals surface area contributed by atoms with Crippen molar-refractivity contribution in [3.8, 4) is 0 Å². The Labute approximate surface area is 180 Å². The molecule has 0 aliphatic heterocycles. The van der Waals surface area contributed by atoms with Gasteiger partial charge in [-0.05, 0) is 37.5 Å². The summed E-state index contributed by atoms with van der Waals surface area (Å²) >= 11 is 0. The molecule has 0 heterocycles. The number of rotatable bonds is 9. The quantitative estimate of drug-likeness (QED) is 0.392. The largest absolute Gasteiger partial charge is 0.461 e. The Kier molecular flexibility index (Phi) is 7.81. The highest BCUT2D eigenvalue weighted by Gasteiger charge is 2.29. The molecule has 3 rings (SSSR count). The molecular weight excluding hydrogens is 370 g/mol. The van der Waals surface area contributed by atoms with Crippen LogP contribution in [0.5, 0.6) is 0 Å². The van der Waals surface area contributed by atoms with Crippen LogP contribution in [0.2, 0.25) is 0 Å². The molecule has 0 aromatic heterocycles. The standard InChI is InChI=1S/C27H31NO2/c1-21(19-27(29)30-20-24-13-7-4-8-14-24)28(22(2)25-15-9-5-10-16-25)23(3)26-17-11-6-12-18-26/h4-18,21-23H,19-20H2,1-3H3/t21?,22-,23-/m1/s1. The number of esters is 1. The molecule has 0 radical (unpaired) electrons. The van der Waals surface area contributed by atoms with E-state index in [1.165, 1.54) is 11.1 Å². The summed E-state index contributed by atoms with van der Waals surface area (Å²) < 4.78 is 5.55. The van der Waals surface area contributed by atoms with E-state index in [2.05, 4.69) is 74.2 Å². The first-order valence-electron chi connectivity index (χ1n) is 10.6. The topological polar surface area (TPSA) is 29.5 Å². The summed E-state index contributed by atoms with van der Waals surface area (Å²) in [5.74, 6) is -0.170. The van der Waals surface area contributed by atoms with Gasteiger partial charge in [0.05, 0.1) is 6.42 Å². The van der Waals surface area contributed by atoms with E-state index in [1.54, 1.807) is 0 Å². The van der Waals surface area contributed by atoms with Crippen molar-refractivity contribution in [1.29, 1.82) is 0 Å². The lowest BCUT2D eigenvalue weighted by atomic mass is 9.98. The van der Waals surface area contributed by atoms with Gasteiger partial charge in [0.2, 0.25) is 0 Å². The molecule has 3 atom stereocenters. The molecule has 0 fully saturated rings. The molecule has 30 heavy (non-hydrogen) atoms. The smallest absolute Gasteiger partial charge is 0.307 e. The van der Waals surface area contributed by atoms with Crippen molar-refractivity contribution in [2.24, 2.45) is 0 Å². The number of carbonyl (C=O) groups is 1. The molecule has 0 N–H and O–H groups in total. The zero-order valence-corrected chi connectivity index (χ0v) is 18.1. The van der Waals surface area contributed by atoms with Crippen molar-refractivity contribution in [3.05, 3.63) is 108 Å². The number of nitrogens with zero attached hydrogens (tertiary/aromatic N) is 1. The lowest BCUT2D eigenvalue weighted by Gasteiger charge is -2.39. The molecule has 3 heteroatoms. The van der Waals surface area contributed by atoms with E-state index in [0.29, 0.717) is 13.0 Å². The maximum atomic E-state index is 12.6. The van der Waals surface area contributed by atoms with E-state index in [-0.39, 0.29) is 24.1 Å². The molecule has 0 saturated heterocycles. The highest BCUT2D eigenvalue weighted by molar-refractivity contribution is 5.70. The number of carbonyl (C=O) groups excluding carboxylic acids is 1. The second kappa shape index (κ2) is 10.7. The van der Waals surface area contributed by atoms with Gasteiger partial charge in [-0.2, -0.15) is 0 Å². The first-order valence-corrected chi connectivity index (χ1v) is 10.6. The highest BCUT2D eigenvalue weighted by Crippen LogP contribution is 2.33. The van der Waals surface area contributed by atoms with Crippen LogP contribution in [0.15, 0.2) is 91.0 Å². The Morgan fingerprint density at radius 2 is 1.17 bits per heavy atom. The summed E-state index contributed by atoms with van der Waals surface area (Å²) in [6.07, 6.45) is 0.348. The summed E-state index contributed by atoms with van der Waals surface area (Å²) in [7, 11) is 0. The van der Waals surface area contributed by atoms with Crippen molar-refractivity contribution in [2.45, 2.75) is 51.9 Å². The molecule has 0 aliphatic rings. The molecule has 156 valence electrons. The fourth-order valence-corrected chi connectivity index (χ4v) is 4.05. The van der Waals surface area contributed by atoms with Crippen LogP contribution in [-0.4, -0.2) is 16.9 Å². The molecule has 0 aliphatic carbocycles. The molecule has 3 aromatic carbocycles. The minimum absolute atomic E-state index is 0.0266. The van der Waals surface area contributed by atoms with E-state index in [1.807, 2.05) is 42.5 Å². The number of benzene rings is 3. The van der Waals surface area contributed by atoms with Gasteiger partial charge in [0, 0.05) is 18.1 Å². The van der Waals surface area contributed by atoms with E-state index >= 15 is 0 Å². The number of hydrogen-bond donors (Lipinski definition) is 0. The summed E-state index contributed by atoms with van der Waals surface area (Å²) in [5.41, 5.74) is 3.49. The first kappa shape index (κ1) is 21.8. The fraction of sp³-hybridized carbons (Fsp3) is 0.296. The van der Waals surface area contributed by atoms with Crippen molar-refractivity contribution in [3.63, 3.8) is 0 Å². The van der Waals surface area contributed by atoms with E-state index in [9.17, 15) is 4.79 Å². The van der Waals surface area contributed by atoms with E-state index < -0.39 is 0 Å². The Morgan fingerprint density at radius 1 is 0.733 bits per heavy atom. The zero-order chi connectivity index (χ0) is 21.3. The summed E-state index contributed by atoms with van der Waals surface area (Å²) in [6, 6.07) is 31.1. The Bertz CT molecular complexity index is 850. The lowest BCUT2D eigenvalue weighted by Crippen LogP contribution is -2.39. The summed E-state index contributed by atoms with van der Waals surface area (Å²) in [5, 5.41) is 0. The molecule has 0 amide bonds. The highest BCUT2D eigenvalue weighted by atomic mass is 16.5. The van der Waals surface area contributed by atoms with Crippen molar-refractivity contribution < 1.29 is 9.53 Å². The predicted molar refractivity (Wildman–Crippen MR) is 122 cm³/mol. The van der Waals surface area contributed by atoms with Crippen LogP contribution in [0.1, 0.15) is 56.0 Å². The molecule has 3 aromatic rings. The van der Waals surface area contributed by atoms with Crippen LogP contribution in [0.3, 0.4) is 0 Å². The van der Waals surface area contributed by atoms with Gasteiger partial charge < -0.3 is 4.74 Å². The third-order valence-corrected chi connectivity index (χ3v) is 5.67. The fourth-order valence-electron chi connectivity index (χ4n) is 4.05. The third-order valence-electron chi connectivity index (χ3n) is 5.67. The second-order valence-electron chi connectivity index (χ2n) is 7.82. The molecule has 3 nitrogen and oxygen atoms in total. The zero-order valence-electron chi connectivity index (χ0n) is 18.1. The minimum atomic E-state index is -0.170. The molecule has 0 spiro atoms. The predicted octanol–water partition coefficient (Wildman–Crippen LogP) is 6.33. The molecular formula is C27H31NO2. The van der Waals surface area contributed by atoms with E-state index in [0.717, 1.165) is 5.56 Å². The van der Waals surface area contributed by atoms with Crippen LogP contribution >= 0.6 is 0 Å². The van der Waals surface area contributed by atoms with Gasteiger partial charge in [0.25, 0.3) is 0 Å². The van der Waals surface area contributed by atoms with Crippen LogP contribution in [0.4, 0.5) is 0 Å². The monoisotopic (exact) mass is 401 g/mol. The van der Waals surface area contributed by atoms with Gasteiger partial charge in [0.1, 0.15) is 6.61 Å². The maximum Gasteiger partial charge on any atom is 0.307 e. The normalized spacial score (nSPS) is 14.1. The summed E-state index contributed by atoms with van der Waals surface area (Å²) in [4.78, 5) is 15.0. The van der Waals surface area contributed by atoms with Crippen molar-refractivity contribution >= 4 is 5.97 Å². The summed E-state index contributed by atoms with van der Waals surface area (Å²) in [6.45, 7) is 6.85. The molecule has 1 unspecified atom stereocenters. The minimum Gasteiger partial charge on any atom is -0.461 e. The third kappa shape index (κ3) is 5.80. The van der Waals surface area contributed by atoms with Crippen LogP contribution in [-0.2, 0) is 16.1 Å². The average molecular weight is 402 g/mol. The van der Waals surface area contributed by atoms with Gasteiger partial charge in [-0.3, -0.25) is 9.69 Å². The number of hydrogen-bond acceptors (Lipinski definition) is 3. The number of ether oxygens (including phenoxy) is 1. The van der Waals surface area contributed by atoms with Gasteiger partial charge in [-0.15, -0.1) is 0 Å². The van der Waals surface area contributed by atoms with Crippen molar-refractivity contribution in [1.82, 2.24) is 4.90 Å². The van der Waals surface area contributed by atoms with Gasteiger partial charge >= 0.3 is 5.97 Å². The Hall–Kier alpha value is -2.91. The van der Waals surface area contributed by atoms with Gasteiger partial charge in [0.15, 0.2) is 0 Å². The van der Waals surface area contributed by atoms with Crippen LogP contribution in [0, 0.1) is 0 Å². The van der Waals surface area contributed by atoms with E-state index in [4.69, 9.17) is 4.74 Å². The van der Waals surface area contributed by atoms with Gasteiger partial charge in [-0.25, -0.2) is 0 Å². The first-order chi connectivity index (χ1) is 14.6. The van der Waals surface area contributed by atoms with Gasteiger partial charge in [-0.1, -0.05) is 91.0 Å². The molecule has 0 bridgehead atoms.